The SMILES string of the molecule is CC(C#N)CN(C)C(=O)Nc1cccc(COc2ccc3c(c2)OCO3)c1. The van der Waals surface area contributed by atoms with Crippen LogP contribution < -0.4 is 19.5 Å². The van der Waals surface area contributed by atoms with Gasteiger partial charge < -0.3 is 24.4 Å². The first-order valence-corrected chi connectivity index (χ1v) is 8.58. The number of carbonyl (C=O) groups is 1. The summed E-state index contributed by atoms with van der Waals surface area (Å²) in [6.07, 6.45) is 0. The van der Waals surface area contributed by atoms with Gasteiger partial charge in [-0.05, 0) is 36.8 Å². The van der Waals surface area contributed by atoms with Crippen LogP contribution in [0, 0.1) is 17.2 Å². The minimum absolute atomic E-state index is 0.220. The van der Waals surface area contributed by atoms with Gasteiger partial charge in [-0.3, -0.25) is 0 Å². The number of carbonyl (C=O) groups excluding carboxylic acids is 1. The van der Waals surface area contributed by atoms with E-state index in [1.165, 1.54) is 4.90 Å². The molecule has 0 spiro atoms. The summed E-state index contributed by atoms with van der Waals surface area (Å²) < 4.78 is 16.4. The number of amides is 2. The molecule has 1 N–H and O–H groups in total. The van der Waals surface area contributed by atoms with Crippen LogP contribution in [0.25, 0.3) is 0 Å². The molecule has 1 aliphatic rings. The fourth-order valence-corrected chi connectivity index (χ4v) is 2.63. The summed E-state index contributed by atoms with van der Waals surface area (Å²) in [7, 11) is 1.66. The van der Waals surface area contributed by atoms with Gasteiger partial charge in [0.2, 0.25) is 6.79 Å². The molecule has 0 saturated carbocycles. The molecule has 2 aromatic rings. The van der Waals surface area contributed by atoms with E-state index < -0.39 is 0 Å². The van der Waals surface area contributed by atoms with Gasteiger partial charge in [-0.15, -0.1) is 0 Å². The number of benzene rings is 2. The molecule has 1 atom stereocenters. The minimum Gasteiger partial charge on any atom is -0.489 e. The zero-order valence-electron chi connectivity index (χ0n) is 15.3. The van der Waals surface area contributed by atoms with Crippen molar-refractivity contribution in [2.45, 2.75) is 13.5 Å². The van der Waals surface area contributed by atoms with Crippen LogP contribution in [0.2, 0.25) is 0 Å². The number of hydrogen-bond donors (Lipinski definition) is 1. The highest BCUT2D eigenvalue weighted by Crippen LogP contribution is 2.35. The highest BCUT2D eigenvalue weighted by molar-refractivity contribution is 5.89. The quantitative estimate of drug-likeness (QED) is 0.843. The van der Waals surface area contributed by atoms with Crippen LogP contribution >= 0.6 is 0 Å². The first-order chi connectivity index (χ1) is 13.0. The largest absolute Gasteiger partial charge is 0.489 e. The number of nitriles is 1. The number of rotatable bonds is 6. The summed E-state index contributed by atoms with van der Waals surface area (Å²) in [4.78, 5) is 13.7. The van der Waals surface area contributed by atoms with Crippen molar-refractivity contribution in [3.63, 3.8) is 0 Å². The van der Waals surface area contributed by atoms with E-state index >= 15 is 0 Å². The van der Waals surface area contributed by atoms with Crippen molar-refractivity contribution in [1.82, 2.24) is 4.90 Å². The van der Waals surface area contributed by atoms with Crippen molar-refractivity contribution in [3.8, 4) is 23.3 Å². The van der Waals surface area contributed by atoms with E-state index in [4.69, 9.17) is 19.5 Å². The molecule has 7 heteroatoms. The second kappa shape index (κ2) is 8.32. The predicted octanol–water partition coefficient (Wildman–Crippen LogP) is 3.62. The van der Waals surface area contributed by atoms with Gasteiger partial charge >= 0.3 is 6.03 Å². The summed E-state index contributed by atoms with van der Waals surface area (Å²) in [6.45, 7) is 2.72. The van der Waals surface area contributed by atoms with Crippen LogP contribution in [-0.2, 0) is 6.61 Å². The topological polar surface area (TPSA) is 83.8 Å². The van der Waals surface area contributed by atoms with Crippen LogP contribution in [0.4, 0.5) is 10.5 Å². The van der Waals surface area contributed by atoms with Gasteiger partial charge in [0.15, 0.2) is 11.5 Å². The van der Waals surface area contributed by atoms with Gasteiger partial charge in [0.25, 0.3) is 0 Å². The standard InChI is InChI=1S/C20H21N3O4/c1-14(10-21)11-23(2)20(24)22-16-5-3-4-15(8-16)12-25-17-6-7-18-19(9-17)27-13-26-18/h3-9,14H,11-13H2,1-2H3,(H,22,24). The van der Waals surface area contributed by atoms with Gasteiger partial charge in [-0.2, -0.15) is 5.26 Å². The summed E-state index contributed by atoms with van der Waals surface area (Å²) in [5.41, 5.74) is 1.58. The maximum absolute atomic E-state index is 12.2. The monoisotopic (exact) mass is 367 g/mol. The lowest BCUT2D eigenvalue weighted by Crippen LogP contribution is -2.34. The number of anilines is 1. The fraction of sp³-hybridized carbons (Fsp3) is 0.300. The Kier molecular flexibility index (Phi) is 5.67. The molecule has 1 aliphatic heterocycles. The molecule has 0 saturated heterocycles. The Morgan fingerprint density at radius 2 is 2.11 bits per heavy atom. The maximum atomic E-state index is 12.2. The Bertz CT molecular complexity index is 863. The van der Waals surface area contributed by atoms with E-state index in [1.54, 1.807) is 20.0 Å². The third-order valence-electron chi connectivity index (χ3n) is 4.04. The van der Waals surface area contributed by atoms with E-state index in [0.717, 1.165) is 5.56 Å². The molecule has 140 valence electrons. The molecule has 0 fully saturated rings. The minimum atomic E-state index is -0.258. The lowest BCUT2D eigenvalue weighted by atomic mass is 10.2. The Hall–Kier alpha value is -3.40. The normalized spacial score (nSPS) is 12.8. The van der Waals surface area contributed by atoms with Crippen LogP contribution in [0.15, 0.2) is 42.5 Å². The molecule has 7 nitrogen and oxygen atoms in total. The van der Waals surface area contributed by atoms with Gasteiger partial charge in [0, 0.05) is 25.3 Å². The van der Waals surface area contributed by atoms with Gasteiger partial charge in [-0.25, -0.2) is 4.79 Å². The molecular weight excluding hydrogens is 346 g/mol. The van der Waals surface area contributed by atoms with Gasteiger partial charge in [0.1, 0.15) is 12.4 Å². The molecular formula is C20H21N3O4. The molecule has 0 aromatic heterocycles. The first-order valence-electron chi connectivity index (χ1n) is 8.58. The smallest absolute Gasteiger partial charge is 0.321 e. The Morgan fingerprint density at radius 3 is 2.93 bits per heavy atom. The van der Waals surface area contributed by atoms with Crippen LogP contribution in [-0.4, -0.2) is 31.3 Å². The molecule has 0 bridgehead atoms. The Labute approximate surface area is 158 Å². The number of urea groups is 1. The third kappa shape index (κ3) is 4.82. The number of ether oxygens (including phenoxy) is 3. The summed E-state index contributed by atoms with van der Waals surface area (Å²) in [6, 6.07) is 14.7. The number of nitrogens with one attached hydrogen (secondary N) is 1. The van der Waals surface area contributed by atoms with E-state index in [-0.39, 0.29) is 18.7 Å². The Morgan fingerprint density at radius 1 is 1.30 bits per heavy atom. The second-order valence-electron chi connectivity index (χ2n) is 6.34. The average Bonchev–Trinajstić information content (AvgIpc) is 3.14. The summed E-state index contributed by atoms with van der Waals surface area (Å²) in [5, 5.41) is 11.7. The van der Waals surface area contributed by atoms with Crippen molar-refractivity contribution in [1.29, 1.82) is 5.26 Å². The van der Waals surface area contributed by atoms with Crippen molar-refractivity contribution in [2.75, 3.05) is 25.7 Å². The molecule has 0 radical (unpaired) electrons. The van der Waals surface area contributed by atoms with Gasteiger partial charge in [0.05, 0.1) is 12.0 Å². The highest BCUT2D eigenvalue weighted by atomic mass is 16.7. The fourth-order valence-electron chi connectivity index (χ4n) is 2.63. The van der Waals surface area contributed by atoms with Crippen molar-refractivity contribution < 1.29 is 19.0 Å². The molecule has 3 rings (SSSR count). The van der Waals surface area contributed by atoms with Crippen LogP contribution in [0.5, 0.6) is 17.2 Å². The lowest BCUT2D eigenvalue weighted by Gasteiger charge is -2.19. The van der Waals surface area contributed by atoms with E-state index in [0.29, 0.717) is 36.1 Å². The second-order valence-corrected chi connectivity index (χ2v) is 6.34. The molecule has 0 aliphatic carbocycles. The van der Waals surface area contributed by atoms with E-state index in [9.17, 15) is 4.79 Å². The van der Waals surface area contributed by atoms with Crippen molar-refractivity contribution in [2.24, 2.45) is 5.92 Å². The highest BCUT2D eigenvalue weighted by Gasteiger charge is 2.14. The zero-order valence-corrected chi connectivity index (χ0v) is 15.3. The number of fused-ring (bicyclic) bond motifs is 1. The van der Waals surface area contributed by atoms with E-state index in [2.05, 4.69) is 11.4 Å². The molecule has 2 aromatic carbocycles. The lowest BCUT2D eigenvalue weighted by molar-refractivity contribution is 0.173. The van der Waals surface area contributed by atoms with E-state index in [1.807, 2.05) is 36.4 Å². The summed E-state index contributed by atoms with van der Waals surface area (Å²) in [5.74, 6) is 1.84. The summed E-state index contributed by atoms with van der Waals surface area (Å²) >= 11 is 0. The Balaban J connectivity index is 1.57. The van der Waals surface area contributed by atoms with Crippen LogP contribution in [0.1, 0.15) is 12.5 Å². The molecule has 1 unspecified atom stereocenters. The van der Waals surface area contributed by atoms with Crippen LogP contribution in [0.3, 0.4) is 0 Å². The first kappa shape index (κ1) is 18.4. The van der Waals surface area contributed by atoms with Crippen molar-refractivity contribution in [3.05, 3.63) is 48.0 Å². The molecule has 2 amide bonds. The third-order valence-corrected chi connectivity index (χ3v) is 4.04. The van der Waals surface area contributed by atoms with Crippen molar-refractivity contribution >= 4 is 11.7 Å². The van der Waals surface area contributed by atoms with Gasteiger partial charge in [-0.1, -0.05) is 12.1 Å². The maximum Gasteiger partial charge on any atom is 0.321 e. The number of nitrogens with zero attached hydrogens (tertiary/aromatic N) is 2. The average molecular weight is 367 g/mol. The number of hydrogen-bond acceptors (Lipinski definition) is 5. The zero-order chi connectivity index (χ0) is 19.2. The molecule has 1 heterocycles. The molecule has 27 heavy (non-hydrogen) atoms. The predicted molar refractivity (Wildman–Crippen MR) is 99.8 cm³/mol.